The van der Waals surface area contributed by atoms with Gasteiger partial charge in [-0.05, 0) is 37.6 Å². The zero-order valence-electron chi connectivity index (χ0n) is 13.7. The Morgan fingerprint density at radius 2 is 1.78 bits per heavy atom. The lowest BCUT2D eigenvalue weighted by atomic mass is 10.3. The van der Waals surface area contributed by atoms with Crippen LogP contribution in [0.4, 0.5) is 0 Å². The lowest BCUT2D eigenvalue weighted by Crippen LogP contribution is -2.37. The van der Waals surface area contributed by atoms with Gasteiger partial charge in [0.25, 0.3) is 0 Å². The van der Waals surface area contributed by atoms with Crippen molar-refractivity contribution in [1.82, 2.24) is 9.21 Å². The van der Waals surface area contributed by atoms with Crippen LogP contribution in [0.2, 0.25) is 0 Å². The second-order valence-electron chi connectivity index (χ2n) is 5.40. The van der Waals surface area contributed by atoms with E-state index in [2.05, 4.69) is 0 Å². The fourth-order valence-corrected chi connectivity index (χ4v) is 4.10. The normalized spacial score (nSPS) is 16.9. The third-order valence-electron chi connectivity index (χ3n) is 3.88. The van der Waals surface area contributed by atoms with Gasteiger partial charge in [-0.2, -0.15) is 4.31 Å². The topological polar surface area (TPSA) is 66.9 Å². The summed E-state index contributed by atoms with van der Waals surface area (Å²) in [4.78, 5) is 13.8. The molecule has 1 heterocycles. The molecule has 0 atom stereocenters. The van der Waals surface area contributed by atoms with E-state index in [1.165, 1.54) is 4.31 Å². The Labute approximate surface area is 138 Å². The first-order valence-corrected chi connectivity index (χ1v) is 9.43. The van der Waals surface area contributed by atoms with Crippen LogP contribution in [0.3, 0.4) is 0 Å². The second-order valence-corrected chi connectivity index (χ2v) is 7.33. The Bertz CT molecular complexity index is 628. The van der Waals surface area contributed by atoms with E-state index in [0.717, 1.165) is 0 Å². The van der Waals surface area contributed by atoms with Gasteiger partial charge in [0, 0.05) is 32.6 Å². The van der Waals surface area contributed by atoms with E-state index in [-0.39, 0.29) is 10.8 Å². The predicted molar refractivity (Wildman–Crippen MR) is 87.9 cm³/mol. The van der Waals surface area contributed by atoms with Crippen LogP contribution in [0.25, 0.3) is 0 Å². The maximum atomic E-state index is 12.7. The first kappa shape index (κ1) is 17.7. The van der Waals surface area contributed by atoms with E-state index in [9.17, 15) is 13.2 Å². The van der Waals surface area contributed by atoms with Gasteiger partial charge in [0.15, 0.2) is 0 Å². The van der Waals surface area contributed by atoms with E-state index >= 15 is 0 Å². The van der Waals surface area contributed by atoms with E-state index < -0.39 is 10.0 Å². The van der Waals surface area contributed by atoms with Gasteiger partial charge >= 0.3 is 0 Å². The van der Waals surface area contributed by atoms with Crippen molar-refractivity contribution in [2.75, 3.05) is 32.8 Å². The lowest BCUT2D eigenvalue weighted by Gasteiger charge is -2.21. The number of hydrogen-bond acceptors (Lipinski definition) is 4. The van der Waals surface area contributed by atoms with Crippen molar-refractivity contribution in [3.8, 4) is 5.75 Å². The molecule has 0 N–H and O–H groups in total. The SMILES string of the molecule is CCOc1ccc(S(=O)(=O)N2CCCN(C(=O)CC)CC2)cc1. The zero-order chi connectivity index (χ0) is 16.9. The summed E-state index contributed by atoms with van der Waals surface area (Å²) < 4.78 is 32.3. The molecule has 0 spiro atoms. The van der Waals surface area contributed by atoms with Crippen molar-refractivity contribution >= 4 is 15.9 Å². The summed E-state index contributed by atoms with van der Waals surface area (Å²) in [5, 5.41) is 0. The first-order chi connectivity index (χ1) is 11.0. The summed E-state index contributed by atoms with van der Waals surface area (Å²) in [5.41, 5.74) is 0. The van der Waals surface area contributed by atoms with Crippen molar-refractivity contribution in [3.63, 3.8) is 0 Å². The predicted octanol–water partition coefficient (Wildman–Crippen LogP) is 1.72. The number of amides is 1. The number of sulfonamides is 1. The van der Waals surface area contributed by atoms with Crippen LogP contribution in [0.5, 0.6) is 5.75 Å². The number of benzene rings is 1. The van der Waals surface area contributed by atoms with Crippen LogP contribution >= 0.6 is 0 Å². The summed E-state index contributed by atoms with van der Waals surface area (Å²) in [6, 6.07) is 6.47. The van der Waals surface area contributed by atoms with Gasteiger partial charge in [-0.3, -0.25) is 4.79 Å². The Balaban J connectivity index is 2.11. The average Bonchev–Trinajstić information content (AvgIpc) is 2.81. The standard InChI is InChI=1S/C16H24N2O4S/c1-3-16(19)17-10-5-11-18(13-12-17)23(20,21)15-8-6-14(7-9-15)22-4-2/h6-9H,3-5,10-13H2,1-2H3. The third-order valence-corrected chi connectivity index (χ3v) is 5.80. The fourth-order valence-electron chi connectivity index (χ4n) is 2.63. The zero-order valence-corrected chi connectivity index (χ0v) is 14.5. The Kier molecular flexibility index (Phi) is 6.01. The number of nitrogens with zero attached hydrogens (tertiary/aromatic N) is 2. The van der Waals surface area contributed by atoms with Gasteiger partial charge in [0.1, 0.15) is 5.75 Å². The van der Waals surface area contributed by atoms with Gasteiger partial charge in [-0.1, -0.05) is 6.92 Å². The number of hydrogen-bond donors (Lipinski definition) is 0. The molecule has 1 amide bonds. The monoisotopic (exact) mass is 340 g/mol. The van der Waals surface area contributed by atoms with Gasteiger partial charge in [-0.25, -0.2) is 8.42 Å². The number of carbonyl (C=O) groups is 1. The molecule has 1 aliphatic rings. The number of rotatable bonds is 5. The molecule has 0 aliphatic carbocycles. The average molecular weight is 340 g/mol. The Morgan fingerprint density at radius 3 is 2.39 bits per heavy atom. The van der Waals surface area contributed by atoms with Crippen LogP contribution in [0.15, 0.2) is 29.2 Å². The highest BCUT2D eigenvalue weighted by molar-refractivity contribution is 7.89. The quantitative estimate of drug-likeness (QED) is 0.818. The lowest BCUT2D eigenvalue weighted by molar-refractivity contribution is -0.130. The van der Waals surface area contributed by atoms with Gasteiger partial charge in [0.05, 0.1) is 11.5 Å². The molecule has 6 nitrogen and oxygen atoms in total. The van der Waals surface area contributed by atoms with Crippen molar-refractivity contribution < 1.29 is 17.9 Å². The van der Waals surface area contributed by atoms with Crippen molar-refractivity contribution in [1.29, 1.82) is 0 Å². The minimum Gasteiger partial charge on any atom is -0.494 e. The van der Waals surface area contributed by atoms with E-state index in [1.54, 1.807) is 29.2 Å². The molecule has 1 saturated heterocycles. The molecular weight excluding hydrogens is 316 g/mol. The third kappa shape index (κ3) is 4.23. The van der Waals surface area contributed by atoms with Crippen LogP contribution in [-0.4, -0.2) is 56.3 Å². The van der Waals surface area contributed by atoms with Gasteiger partial charge in [0.2, 0.25) is 15.9 Å². The summed E-state index contributed by atoms with van der Waals surface area (Å²) in [6.07, 6.45) is 1.10. The van der Waals surface area contributed by atoms with Crippen LogP contribution in [0, 0.1) is 0 Å². The van der Waals surface area contributed by atoms with Crippen LogP contribution in [-0.2, 0) is 14.8 Å². The molecule has 7 heteroatoms. The van der Waals surface area contributed by atoms with E-state index in [1.807, 2.05) is 13.8 Å². The molecule has 1 aliphatic heterocycles. The highest BCUT2D eigenvalue weighted by Crippen LogP contribution is 2.21. The molecule has 128 valence electrons. The maximum Gasteiger partial charge on any atom is 0.243 e. The molecule has 1 fully saturated rings. The Hall–Kier alpha value is -1.60. The highest BCUT2D eigenvalue weighted by Gasteiger charge is 2.27. The maximum absolute atomic E-state index is 12.7. The Morgan fingerprint density at radius 1 is 1.09 bits per heavy atom. The van der Waals surface area contributed by atoms with Crippen LogP contribution < -0.4 is 4.74 Å². The first-order valence-electron chi connectivity index (χ1n) is 7.99. The van der Waals surface area contributed by atoms with E-state index in [0.29, 0.717) is 51.4 Å². The molecule has 2 rings (SSSR count). The molecule has 0 saturated carbocycles. The molecule has 0 radical (unpaired) electrons. The van der Waals surface area contributed by atoms with Crippen molar-refractivity contribution in [2.45, 2.75) is 31.6 Å². The van der Waals surface area contributed by atoms with E-state index in [4.69, 9.17) is 4.74 Å². The molecule has 0 unspecified atom stereocenters. The largest absolute Gasteiger partial charge is 0.494 e. The summed E-state index contributed by atoms with van der Waals surface area (Å²) >= 11 is 0. The summed E-state index contributed by atoms with van der Waals surface area (Å²) in [6.45, 7) is 6.07. The molecule has 0 bridgehead atoms. The van der Waals surface area contributed by atoms with Crippen LogP contribution in [0.1, 0.15) is 26.7 Å². The minimum absolute atomic E-state index is 0.0744. The molecular formula is C16H24N2O4S. The second kappa shape index (κ2) is 7.79. The fraction of sp³-hybridized carbons (Fsp3) is 0.562. The van der Waals surface area contributed by atoms with Gasteiger partial charge < -0.3 is 9.64 Å². The molecule has 1 aromatic rings. The van der Waals surface area contributed by atoms with Crippen molar-refractivity contribution in [3.05, 3.63) is 24.3 Å². The number of carbonyl (C=O) groups excluding carboxylic acids is 1. The molecule has 23 heavy (non-hydrogen) atoms. The number of ether oxygens (including phenoxy) is 1. The smallest absolute Gasteiger partial charge is 0.243 e. The minimum atomic E-state index is -3.53. The highest BCUT2D eigenvalue weighted by atomic mass is 32.2. The molecule has 0 aromatic heterocycles. The summed E-state index contributed by atoms with van der Waals surface area (Å²) in [7, 11) is -3.53. The molecule has 1 aromatic carbocycles. The van der Waals surface area contributed by atoms with Gasteiger partial charge in [-0.15, -0.1) is 0 Å². The summed E-state index contributed by atoms with van der Waals surface area (Å²) in [5.74, 6) is 0.729. The van der Waals surface area contributed by atoms with Crippen molar-refractivity contribution in [2.24, 2.45) is 0 Å².